The third-order valence-electron chi connectivity index (χ3n) is 6.03. The van der Waals surface area contributed by atoms with Gasteiger partial charge in [0.2, 0.25) is 5.91 Å². The first-order chi connectivity index (χ1) is 13.6. The zero-order valence-electron chi connectivity index (χ0n) is 15.7. The minimum atomic E-state index is -0.754. The van der Waals surface area contributed by atoms with Crippen molar-refractivity contribution in [3.63, 3.8) is 0 Å². The lowest BCUT2D eigenvalue weighted by atomic mass is 9.81. The van der Waals surface area contributed by atoms with E-state index in [4.69, 9.17) is 4.74 Å². The van der Waals surface area contributed by atoms with E-state index in [9.17, 15) is 14.7 Å². The highest BCUT2D eigenvalue weighted by Gasteiger charge is 2.55. The molecule has 1 aliphatic carbocycles. The molecular formula is C22H24N2O4. The van der Waals surface area contributed by atoms with Gasteiger partial charge in [-0.2, -0.15) is 0 Å². The lowest BCUT2D eigenvalue weighted by molar-refractivity contribution is -0.149. The summed E-state index contributed by atoms with van der Waals surface area (Å²) in [7, 11) is 0. The molecule has 2 aliphatic rings. The molecule has 1 aliphatic heterocycles. The van der Waals surface area contributed by atoms with Gasteiger partial charge in [-0.25, -0.2) is 0 Å². The summed E-state index contributed by atoms with van der Waals surface area (Å²) in [5.74, 6) is 0.0214. The number of nitrogens with zero attached hydrogens (tertiary/aromatic N) is 2. The maximum atomic E-state index is 12.8. The Hall–Kier alpha value is -2.89. The van der Waals surface area contributed by atoms with Gasteiger partial charge in [0, 0.05) is 31.0 Å². The summed E-state index contributed by atoms with van der Waals surface area (Å²) in [4.78, 5) is 30.4. The number of likely N-dealkylation sites (tertiary alicyclic amines) is 1. The molecule has 1 N–H and O–H groups in total. The second kappa shape index (κ2) is 7.62. The summed E-state index contributed by atoms with van der Waals surface area (Å²) >= 11 is 0. The van der Waals surface area contributed by atoms with Crippen LogP contribution in [0.3, 0.4) is 0 Å². The molecule has 146 valence electrons. The molecular weight excluding hydrogens is 356 g/mol. The maximum Gasteiger partial charge on any atom is 0.311 e. The van der Waals surface area contributed by atoms with Crippen molar-refractivity contribution in [2.24, 2.45) is 11.3 Å². The smallest absolute Gasteiger partial charge is 0.311 e. The third-order valence-corrected chi connectivity index (χ3v) is 6.03. The molecule has 0 bridgehead atoms. The number of ether oxygens (including phenoxy) is 1. The van der Waals surface area contributed by atoms with Gasteiger partial charge in [-0.15, -0.1) is 0 Å². The zero-order valence-corrected chi connectivity index (χ0v) is 15.7. The molecule has 0 radical (unpaired) electrons. The normalized spacial score (nSPS) is 23.4. The first kappa shape index (κ1) is 18.5. The standard InChI is InChI=1S/C22H24N2O4/c25-20(24-13-18-6-2-8-22(18,15-24)21(26)27)11-16-4-1-7-19(10-16)28-14-17-5-3-9-23-12-17/h1,3-5,7,9-10,12,18H,2,6,8,11,13-15H2,(H,26,27)/t18-,22+/m0/s1. The predicted octanol–water partition coefficient (Wildman–Crippen LogP) is 2.92. The van der Waals surface area contributed by atoms with Crippen molar-refractivity contribution in [2.45, 2.75) is 32.3 Å². The molecule has 2 heterocycles. The second-order valence-electron chi connectivity index (χ2n) is 7.80. The molecule has 0 spiro atoms. The minimum Gasteiger partial charge on any atom is -0.489 e. The molecule has 2 fully saturated rings. The van der Waals surface area contributed by atoms with Gasteiger partial charge in [-0.05, 0) is 42.5 Å². The number of rotatable bonds is 6. The Morgan fingerprint density at radius 1 is 1.25 bits per heavy atom. The lowest BCUT2D eigenvalue weighted by Crippen LogP contribution is -2.37. The number of hydrogen-bond acceptors (Lipinski definition) is 4. The number of carbonyl (C=O) groups excluding carboxylic acids is 1. The number of fused-ring (bicyclic) bond motifs is 1. The molecule has 28 heavy (non-hydrogen) atoms. The van der Waals surface area contributed by atoms with E-state index in [1.54, 1.807) is 17.3 Å². The SMILES string of the molecule is O=C(Cc1cccc(OCc2cccnc2)c1)N1C[C@@H]2CCC[C@@]2(C(=O)O)C1. The molecule has 1 aromatic carbocycles. The van der Waals surface area contributed by atoms with Crippen molar-refractivity contribution in [1.29, 1.82) is 0 Å². The number of amides is 1. The number of pyridine rings is 1. The Bertz CT molecular complexity index is 870. The Kier molecular flexibility index (Phi) is 5.03. The third kappa shape index (κ3) is 3.59. The highest BCUT2D eigenvalue weighted by Crippen LogP contribution is 2.48. The summed E-state index contributed by atoms with van der Waals surface area (Å²) < 4.78 is 5.81. The van der Waals surface area contributed by atoms with Crippen LogP contribution in [0.1, 0.15) is 30.4 Å². The minimum absolute atomic E-state index is 0.0144. The highest BCUT2D eigenvalue weighted by molar-refractivity contribution is 5.82. The fraction of sp³-hybridized carbons (Fsp3) is 0.409. The van der Waals surface area contributed by atoms with Crippen molar-refractivity contribution in [2.75, 3.05) is 13.1 Å². The number of carboxylic acids is 1. The van der Waals surface area contributed by atoms with Gasteiger partial charge < -0.3 is 14.7 Å². The van der Waals surface area contributed by atoms with Gasteiger partial charge in [0.25, 0.3) is 0 Å². The lowest BCUT2D eigenvalue weighted by Gasteiger charge is -2.23. The molecule has 6 nitrogen and oxygen atoms in total. The summed E-state index contributed by atoms with van der Waals surface area (Å²) in [6, 6.07) is 11.3. The Morgan fingerprint density at radius 2 is 2.11 bits per heavy atom. The first-order valence-corrected chi connectivity index (χ1v) is 9.69. The van der Waals surface area contributed by atoms with E-state index >= 15 is 0 Å². The molecule has 1 saturated heterocycles. The van der Waals surface area contributed by atoms with Crippen molar-refractivity contribution in [3.8, 4) is 5.75 Å². The molecule has 4 rings (SSSR count). The van der Waals surface area contributed by atoms with E-state index in [0.29, 0.717) is 31.9 Å². The quantitative estimate of drug-likeness (QED) is 0.834. The second-order valence-corrected chi connectivity index (χ2v) is 7.80. The van der Waals surface area contributed by atoms with E-state index < -0.39 is 11.4 Å². The highest BCUT2D eigenvalue weighted by atomic mass is 16.5. The fourth-order valence-corrected chi connectivity index (χ4v) is 4.51. The number of carboxylic acid groups (broad SMARTS) is 1. The van der Waals surface area contributed by atoms with Crippen LogP contribution in [0.5, 0.6) is 5.75 Å². The monoisotopic (exact) mass is 380 g/mol. The Morgan fingerprint density at radius 3 is 2.86 bits per heavy atom. The maximum absolute atomic E-state index is 12.8. The van der Waals surface area contributed by atoms with E-state index in [-0.39, 0.29) is 18.2 Å². The van der Waals surface area contributed by atoms with Gasteiger partial charge in [0.05, 0.1) is 11.8 Å². The molecule has 2 atom stereocenters. The Balaban J connectivity index is 1.38. The van der Waals surface area contributed by atoms with Crippen LogP contribution in [0.2, 0.25) is 0 Å². The molecule has 1 amide bonds. The summed E-state index contributed by atoms with van der Waals surface area (Å²) in [6.07, 6.45) is 6.25. The molecule has 1 saturated carbocycles. The van der Waals surface area contributed by atoms with Crippen LogP contribution in [-0.2, 0) is 22.6 Å². The van der Waals surface area contributed by atoms with E-state index in [1.165, 1.54) is 0 Å². The van der Waals surface area contributed by atoms with Gasteiger partial charge in [0.15, 0.2) is 0 Å². The van der Waals surface area contributed by atoms with Crippen molar-refractivity contribution < 1.29 is 19.4 Å². The fourth-order valence-electron chi connectivity index (χ4n) is 4.51. The van der Waals surface area contributed by atoms with Crippen LogP contribution in [0.15, 0.2) is 48.8 Å². The van der Waals surface area contributed by atoms with Gasteiger partial charge in [-0.1, -0.05) is 24.6 Å². The van der Waals surface area contributed by atoms with Gasteiger partial charge >= 0.3 is 5.97 Å². The first-order valence-electron chi connectivity index (χ1n) is 9.69. The van der Waals surface area contributed by atoms with Crippen molar-refractivity contribution >= 4 is 11.9 Å². The van der Waals surface area contributed by atoms with Gasteiger partial charge in [-0.3, -0.25) is 14.6 Å². The number of hydrogen-bond donors (Lipinski definition) is 1. The molecule has 6 heteroatoms. The van der Waals surface area contributed by atoms with Crippen LogP contribution >= 0.6 is 0 Å². The van der Waals surface area contributed by atoms with Crippen LogP contribution in [-0.4, -0.2) is 40.0 Å². The largest absolute Gasteiger partial charge is 0.489 e. The average molecular weight is 380 g/mol. The number of aliphatic carboxylic acids is 1. The zero-order chi connectivity index (χ0) is 19.6. The number of aromatic nitrogens is 1. The average Bonchev–Trinajstić information content (AvgIpc) is 3.26. The number of benzene rings is 1. The van der Waals surface area contributed by atoms with Crippen molar-refractivity contribution in [1.82, 2.24) is 9.88 Å². The van der Waals surface area contributed by atoms with E-state index in [0.717, 1.165) is 24.0 Å². The van der Waals surface area contributed by atoms with Crippen LogP contribution in [0.25, 0.3) is 0 Å². The molecule has 0 unspecified atom stereocenters. The van der Waals surface area contributed by atoms with Crippen LogP contribution in [0.4, 0.5) is 0 Å². The van der Waals surface area contributed by atoms with Gasteiger partial charge in [0.1, 0.15) is 12.4 Å². The topological polar surface area (TPSA) is 79.7 Å². The summed E-state index contributed by atoms with van der Waals surface area (Å²) in [5.41, 5.74) is 1.12. The Labute approximate surface area is 164 Å². The number of carbonyl (C=O) groups is 2. The predicted molar refractivity (Wildman–Crippen MR) is 103 cm³/mol. The summed E-state index contributed by atoms with van der Waals surface area (Å²) in [5, 5.41) is 9.69. The van der Waals surface area contributed by atoms with Crippen molar-refractivity contribution in [3.05, 3.63) is 59.9 Å². The van der Waals surface area contributed by atoms with E-state index in [1.807, 2.05) is 36.4 Å². The van der Waals surface area contributed by atoms with E-state index in [2.05, 4.69) is 4.98 Å². The molecule has 2 aromatic rings. The molecule has 1 aromatic heterocycles. The van der Waals surface area contributed by atoms with Crippen LogP contribution < -0.4 is 4.74 Å². The van der Waals surface area contributed by atoms with Crippen LogP contribution in [0, 0.1) is 11.3 Å². The summed E-state index contributed by atoms with van der Waals surface area (Å²) in [6.45, 7) is 1.31.